The molecule has 1 N–H and O–H groups in total. The number of benzene rings is 1. The van der Waals surface area contributed by atoms with E-state index in [0.717, 1.165) is 24.5 Å². The second kappa shape index (κ2) is 5.51. The van der Waals surface area contributed by atoms with Crippen molar-refractivity contribution in [1.29, 1.82) is 0 Å². The van der Waals surface area contributed by atoms with Crippen LogP contribution in [0.4, 0.5) is 0 Å². The Morgan fingerprint density at radius 1 is 1.26 bits per heavy atom. The van der Waals surface area contributed by atoms with Gasteiger partial charge < -0.3 is 14.6 Å². The molecule has 1 aromatic heterocycles. The SMILES string of the molecule is Clc1cc(Cl)cc(-n2cncc2C2CNCCO2)c1. The molecule has 19 heavy (non-hydrogen) atoms. The third kappa shape index (κ3) is 2.77. The number of halogens is 2. The summed E-state index contributed by atoms with van der Waals surface area (Å²) in [5, 5.41) is 4.51. The quantitative estimate of drug-likeness (QED) is 0.926. The van der Waals surface area contributed by atoms with Crippen LogP contribution >= 0.6 is 23.2 Å². The maximum atomic E-state index is 6.04. The number of hydrogen-bond acceptors (Lipinski definition) is 3. The van der Waals surface area contributed by atoms with Crippen molar-refractivity contribution in [3.05, 3.63) is 46.5 Å². The Morgan fingerprint density at radius 3 is 2.74 bits per heavy atom. The molecule has 1 fully saturated rings. The topological polar surface area (TPSA) is 39.1 Å². The third-order valence-electron chi connectivity index (χ3n) is 3.05. The van der Waals surface area contributed by atoms with Crippen LogP contribution in [-0.2, 0) is 4.74 Å². The molecule has 6 heteroatoms. The molecular formula is C13H13Cl2N3O. The van der Waals surface area contributed by atoms with Gasteiger partial charge in [-0.05, 0) is 18.2 Å². The van der Waals surface area contributed by atoms with Gasteiger partial charge in [0.25, 0.3) is 0 Å². The fraction of sp³-hybridized carbons (Fsp3) is 0.308. The number of nitrogens with zero attached hydrogens (tertiary/aromatic N) is 2. The van der Waals surface area contributed by atoms with Crippen LogP contribution in [0.25, 0.3) is 5.69 Å². The molecule has 1 aromatic carbocycles. The minimum atomic E-state index is -0.00555. The van der Waals surface area contributed by atoms with E-state index in [1.807, 2.05) is 22.9 Å². The van der Waals surface area contributed by atoms with Crippen molar-refractivity contribution < 1.29 is 4.74 Å². The molecule has 0 spiro atoms. The lowest BCUT2D eigenvalue weighted by atomic mass is 10.2. The number of morpholine rings is 1. The Kier molecular flexibility index (Phi) is 3.75. The summed E-state index contributed by atoms with van der Waals surface area (Å²) < 4.78 is 7.71. The highest BCUT2D eigenvalue weighted by molar-refractivity contribution is 6.34. The van der Waals surface area contributed by atoms with Crippen molar-refractivity contribution in [2.75, 3.05) is 19.7 Å². The van der Waals surface area contributed by atoms with E-state index in [-0.39, 0.29) is 6.10 Å². The second-order valence-corrected chi connectivity index (χ2v) is 5.25. The highest BCUT2D eigenvalue weighted by Gasteiger charge is 2.20. The molecular weight excluding hydrogens is 285 g/mol. The number of imidazole rings is 1. The van der Waals surface area contributed by atoms with Crippen LogP contribution in [0.5, 0.6) is 0 Å². The van der Waals surface area contributed by atoms with Crippen molar-refractivity contribution in [3.63, 3.8) is 0 Å². The average Bonchev–Trinajstić information content (AvgIpc) is 2.88. The smallest absolute Gasteiger partial charge is 0.112 e. The Morgan fingerprint density at radius 2 is 2.05 bits per heavy atom. The zero-order valence-corrected chi connectivity index (χ0v) is 11.7. The minimum Gasteiger partial charge on any atom is -0.369 e. The van der Waals surface area contributed by atoms with E-state index in [1.165, 1.54) is 0 Å². The van der Waals surface area contributed by atoms with E-state index in [2.05, 4.69) is 10.3 Å². The first-order valence-corrected chi connectivity index (χ1v) is 6.80. The Hall–Kier alpha value is -1.07. The lowest BCUT2D eigenvalue weighted by molar-refractivity contribution is 0.0240. The molecule has 100 valence electrons. The van der Waals surface area contributed by atoms with E-state index in [0.29, 0.717) is 16.7 Å². The Balaban J connectivity index is 1.98. The standard InChI is InChI=1S/C13H13Cl2N3O/c14-9-3-10(15)5-11(4-9)18-8-17-6-12(18)13-7-16-1-2-19-13/h3-6,8,13,16H,1-2,7H2. The zero-order valence-electron chi connectivity index (χ0n) is 10.1. The molecule has 1 saturated heterocycles. The summed E-state index contributed by atoms with van der Waals surface area (Å²) >= 11 is 12.1. The first-order chi connectivity index (χ1) is 9.24. The lowest BCUT2D eigenvalue weighted by Gasteiger charge is -2.24. The average molecular weight is 298 g/mol. The van der Waals surface area contributed by atoms with Crippen molar-refractivity contribution >= 4 is 23.2 Å². The number of hydrogen-bond donors (Lipinski definition) is 1. The predicted octanol–water partition coefficient (Wildman–Crippen LogP) is 2.84. The number of aromatic nitrogens is 2. The molecule has 0 amide bonds. The maximum Gasteiger partial charge on any atom is 0.112 e. The number of nitrogens with one attached hydrogen (secondary N) is 1. The van der Waals surface area contributed by atoms with Gasteiger partial charge in [-0.1, -0.05) is 23.2 Å². The van der Waals surface area contributed by atoms with Crippen LogP contribution in [-0.4, -0.2) is 29.2 Å². The van der Waals surface area contributed by atoms with Gasteiger partial charge in [-0.2, -0.15) is 0 Å². The van der Waals surface area contributed by atoms with E-state index in [1.54, 1.807) is 12.4 Å². The van der Waals surface area contributed by atoms with Crippen LogP contribution in [0.1, 0.15) is 11.8 Å². The molecule has 1 unspecified atom stereocenters. The van der Waals surface area contributed by atoms with Gasteiger partial charge in [0.1, 0.15) is 6.10 Å². The first kappa shape index (κ1) is 12.9. The maximum absolute atomic E-state index is 6.04. The van der Waals surface area contributed by atoms with Crippen LogP contribution in [0.15, 0.2) is 30.7 Å². The summed E-state index contributed by atoms with van der Waals surface area (Å²) in [5.74, 6) is 0. The fourth-order valence-corrected chi connectivity index (χ4v) is 2.71. The minimum absolute atomic E-state index is 0.00555. The number of ether oxygens (including phenoxy) is 1. The highest BCUT2D eigenvalue weighted by atomic mass is 35.5. The van der Waals surface area contributed by atoms with Gasteiger partial charge in [0.15, 0.2) is 0 Å². The second-order valence-electron chi connectivity index (χ2n) is 4.38. The van der Waals surface area contributed by atoms with E-state index in [4.69, 9.17) is 27.9 Å². The summed E-state index contributed by atoms with van der Waals surface area (Å²) in [5.41, 5.74) is 1.88. The molecule has 3 rings (SSSR count). The Labute approximate surface area is 121 Å². The summed E-state index contributed by atoms with van der Waals surface area (Å²) in [7, 11) is 0. The molecule has 0 aliphatic carbocycles. The summed E-state index contributed by atoms with van der Waals surface area (Å²) in [6, 6.07) is 5.42. The van der Waals surface area contributed by atoms with Crippen LogP contribution < -0.4 is 5.32 Å². The fourth-order valence-electron chi connectivity index (χ4n) is 2.19. The summed E-state index contributed by atoms with van der Waals surface area (Å²) in [6.07, 6.45) is 3.55. The molecule has 0 bridgehead atoms. The van der Waals surface area contributed by atoms with Gasteiger partial charge >= 0.3 is 0 Å². The van der Waals surface area contributed by atoms with Gasteiger partial charge in [-0.25, -0.2) is 4.98 Å². The predicted molar refractivity (Wildman–Crippen MR) is 75.1 cm³/mol. The van der Waals surface area contributed by atoms with Gasteiger partial charge in [0.2, 0.25) is 0 Å². The van der Waals surface area contributed by atoms with Gasteiger partial charge in [-0.15, -0.1) is 0 Å². The van der Waals surface area contributed by atoms with Crippen LogP contribution in [0, 0.1) is 0 Å². The van der Waals surface area contributed by atoms with Crippen molar-refractivity contribution in [1.82, 2.24) is 14.9 Å². The van der Waals surface area contributed by atoms with Crippen LogP contribution in [0.3, 0.4) is 0 Å². The van der Waals surface area contributed by atoms with Gasteiger partial charge in [-0.3, -0.25) is 0 Å². The highest BCUT2D eigenvalue weighted by Crippen LogP contribution is 2.26. The van der Waals surface area contributed by atoms with E-state index in [9.17, 15) is 0 Å². The summed E-state index contributed by atoms with van der Waals surface area (Å²) in [6.45, 7) is 2.36. The van der Waals surface area contributed by atoms with Gasteiger partial charge in [0.05, 0.1) is 24.8 Å². The molecule has 1 aliphatic heterocycles. The van der Waals surface area contributed by atoms with E-state index >= 15 is 0 Å². The van der Waals surface area contributed by atoms with E-state index < -0.39 is 0 Å². The normalized spacial score (nSPS) is 19.6. The third-order valence-corrected chi connectivity index (χ3v) is 3.49. The first-order valence-electron chi connectivity index (χ1n) is 6.05. The van der Waals surface area contributed by atoms with Crippen molar-refractivity contribution in [2.45, 2.75) is 6.10 Å². The zero-order chi connectivity index (χ0) is 13.2. The van der Waals surface area contributed by atoms with Crippen molar-refractivity contribution in [3.8, 4) is 5.69 Å². The molecule has 4 nitrogen and oxygen atoms in total. The molecule has 1 aliphatic rings. The molecule has 1 atom stereocenters. The lowest BCUT2D eigenvalue weighted by Crippen LogP contribution is -2.34. The number of rotatable bonds is 2. The molecule has 0 radical (unpaired) electrons. The van der Waals surface area contributed by atoms with Crippen molar-refractivity contribution in [2.24, 2.45) is 0 Å². The molecule has 0 saturated carbocycles. The largest absolute Gasteiger partial charge is 0.369 e. The Bertz CT molecular complexity index is 559. The van der Waals surface area contributed by atoms with Crippen LogP contribution in [0.2, 0.25) is 10.0 Å². The molecule has 2 aromatic rings. The monoisotopic (exact) mass is 297 g/mol. The van der Waals surface area contributed by atoms with Gasteiger partial charge in [0, 0.05) is 28.8 Å². The molecule has 2 heterocycles. The summed E-state index contributed by atoms with van der Waals surface area (Å²) in [4.78, 5) is 4.20.